The van der Waals surface area contributed by atoms with Gasteiger partial charge in [0.25, 0.3) is 0 Å². The van der Waals surface area contributed by atoms with Crippen LogP contribution in [-0.2, 0) is 0 Å². The molecular formula is C18H16ClNO4. The highest BCUT2D eigenvalue weighted by Crippen LogP contribution is 2.42. The van der Waals surface area contributed by atoms with Crippen molar-refractivity contribution in [2.24, 2.45) is 0 Å². The zero-order chi connectivity index (χ0) is 17.1. The topological polar surface area (TPSA) is 53.7 Å². The lowest BCUT2D eigenvalue weighted by Gasteiger charge is -2.13. The molecule has 0 spiro atoms. The number of halogens is 1. The zero-order valence-corrected chi connectivity index (χ0v) is 14.3. The second-order valence-corrected chi connectivity index (χ2v) is 5.43. The number of nitrogens with zero attached hydrogens (tertiary/aromatic N) is 1. The summed E-state index contributed by atoms with van der Waals surface area (Å²) in [6.07, 6.45) is 0. The summed E-state index contributed by atoms with van der Waals surface area (Å²) < 4.78 is 21.6. The van der Waals surface area contributed by atoms with Crippen molar-refractivity contribution in [3.05, 3.63) is 47.5 Å². The Kier molecular flexibility index (Phi) is 4.62. The summed E-state index contributed by atoms with van der Waals surface area (Å²) in [6.45, 7) is 0. The van der Waals surface area contributed by atoms with Crippen LogP contribution in [0.1, 0.15) is 0 Å². The number of ether oxygens (including phenoxy) is 3. The van der Waals surface area contributed by atoms with Gasteiger partial charge < -0.3 is 18.7 Å². The number of hydrogen-bond donors (Lipinski definition) is 0. The van der Waals surface area contributed by atoms with Crippen LogP contribution in [0.15, 0.2) is 47.0 Å². The van der Waals surface area contributed by atoms with E-state index in [2.05, 4.69) is 5.16 Å². The number of benzene rings is 2. The van der Waals surface area contributed by atoms with E-state index < -0.39 is 0 Å². The minimum atomic E-state index is 0.581. The maximum Gasteiger partial charge on any atom is 0.167 e. The smallest absolute Gasteiger partial charge is 0.167 e. The normalized spacial score (nSPS) is 10.5. The summed E-state index contributed by atoms with van der Waals surface area (Å²) in [6, 6.07) is 12.7. The van der Waals surface area contributed by atoms with Crippen LogP contribution < -0.4 is 14.2 Å². The van der Waals surface area contributed by atoms with Gasteiger partial charge in [-0.05, 0) is 12.1 Å². The third kappa shape index (κ3) is 3.03. The molecule has 6 heteroatoms. The molecule has 1 aromatic heterocycles. The van der Waals surface area contributed by atoms with Crippen LogP contribution >= 0.6 is 11.6 Å². The fraction of sp³-hybridized carbons (Fsp3) is 0.167. The molecule has 5 nitrogen and oxygen atoms in total. The van der Waals surface area contributed by atoms with Gasteiger partial charge in [-0.25, -0.2) is 0 Å². The van der Waals surface area contributed by atoms with Crippen molar-refractivity contribution in [1.82, 2.24) is 5.16 Å². The molecule has 0 amide bonds. The van der Waals surface area contributed by atoms with Gasteiger partial charge in [0, 0.05) is 28.8 Å². The van der Waals surface area contributed by atoms with Crippen molar-refractivity contribution in [3.8, 4) is 39.8 Å². The third-order valence-corrected chi connectivity index (χ3v) is 3.83. The first kappa shape index (κ1) is 16.2. The third-order valence-electron chi connectivity index (χ3n) is 3.59. The van der Waals surface area contributed by atoms with Gasteiger partial charge in [-0.1, -0.05) is 28.9 Å². The summed E-state index contributed by atoms with van der Waals surface area (Å²) in [5.41, 5.74) is 2.13. The summed E-state index contributed by atoms with van der Waals surface area (Å²) in [4.78, 5) is 0. The maximum atomic E-state index is 6.03. The SMILES string of the molecule is COc1cc(OC)c(-c2cc(-c3cccc(Cl)c3)on2)c(OC)c1. The fourth-order valence-corrected chi connectivity index (χ4v) is 2.62. The average Bonchev–Trinajstić information content (AvgIpc) is 3.10. The highest BCUT2D eigenvalue weighted by Gasteiger charge is 2.19. The average molecular weight is 346 g/mol. The van der Waals surface area contributed by atoms with Crippen LogP contribution in [0.4, 0.5) is 0 Å². The molecule has 0 saturated carbocycles. The Morgan fingerprint density at radius 3 is 2.21 bits per heavy atom. The lowest BCUT2D eigenvalue weighted by Crippen LogP contribution is -1.95. The van der Waals surface area contributed by atoms with E-state index in [0.29, 0.717) is 39.3 Å². The highest BCUT2D eigenvalue weighted by atomic mass is 35.5. The molecule has 0 aliphatic heterocycles. The van der Waals surface area contributed by atoms with E-state index in [4.69, 9.17) is 30.3 Å². The van der Waals surface area contributed by atoms with Crippen LogP contribution in [0.25, 0.3) is 22.6 Å². The predicted molar refractivity (Wildman–Crippen MR) is 92.0 cm³/mol. The van der Waals surface area contributed by atoms with Crippen LogP contribution in [0, 0.1) is 0 Å². The largest absolute Gasteiger partial charge is 0.496 e. The molecule has 3 aromatic rings. The Morgan fingerprint density at radius 1 is 0.917 bits per heavy atom. The van der Waals surface area contributed by atoms with Gasteiger partial charge in [-0.15, -0.1) is 0 Å². The minimum absolute atomic E-state index is 0.581. The fourth-order valence-electron chi connectivity index (χ4n) is 2.43. The van der Waals surface area contributed by atoms with Crippen LogP contribution in [0.2, 0.25) is 5.02 Å². The van der Waals surface area contributed by atoms with Gasteiger partial charge >= 0.3 is 0 Å². The van der Waals surface area contributed by atoms with Gasteiger partial charge in [0.15, 0.2) is 5.76 Å². The first-order chi connectivity index (χ1) is 11.7. The molecule has 0 atom stereocenters. The second kappa shape index (κ2) is 6.84. The van der Waals surface area contributed by atoms with Crippen molar-refractivity contribution in [2.45, 2.75) is 0 Å². The summed E-state index contributed by atoms with van der Waals surface area (Å²) in [5.74, 6) is 2.40. The zero-order valence-electron chi connectivity index (χ0n) is 13.5. The van der Waals surface area contributed by atoms with E-state index in [1.165, 1.54) is 0 Å². The Labute approximate surface area is 144 Å². The number of methoxy groups -OCH3 is 3. The Balaban J connectivity index is 2.10. The summed E-state index contributed by atoms with van der Waals surface area (Å²) in [5, 5.41) is 4.78. The number of hydrogen-bond acceptors (Lipinski definition) is 5. The first-order valence-corrected chi connectivity index (χ1v) is 7.57. The summed E-state index contributed by atoms with van der Waals surface area (Å²) in [7, 11) is 4.74. The molecule has 0 N–H and O–H groups in total. The Bertz CT molecular complexity index is 835. The van der Waals surface area contributed by atoms with Gasteiger partial charge in [-0.2, -0.15) is 0 Å². The van der Waals surface area contributed by atoms with E-state index in [1.807, 2.05) is 24.3 Å². The molecule has 0 radical (unpaired) electrons. The first-order valence-electron chi connectivity index (χ1n) is 7.19. The molecule has 0 bridgehead atoms. The van der Waals surface area contributed by atoms with Gasteiger partial charge in [0.1, 0.15) is 22.9 Å². The molecule has 0 aliphatic carbocycles. The van der Waals surface area contributed by atoms with Crippen molar-refractivity contribution in [2.75, 3.05) is 21.3 Å². The molecule has 3 rings (SSSR count). The second-order valence-electron chi connectivity index (χ2n) is 4.99. The van der Waals surface area contributed by atoms with Crippen LogP contribution in [0.3, 0.4) is 0 Å². The summed E-state index contributed by atoms with van der Waals surface area (Å²) >= 11 is 6.03. The Hall–Kier alpha value is -2.66. The van der Waals surface area contributed by atoms with Gasteiger partial charge in [-0.3, -0.25) is 0 Å². The molecule has 2 aromatic carbocycles. The lowest BCUT2D eigenvalue weighted by atomic mass is 10.1. The standard InChI is InChI=1S/C18H16ClNO4/c1-21-13-8-16(22-2)18(17(9-13)23-3)14-10-15(24-20-14)11-5-4-6-12(19)7-11/h4-10H,1-3H3. The van der Waals surface area contributed by atoms with Crippen molar-refractivity contribution < 1.29 is 18.7 Å². The Morgan fingerprint density at radius 2 is 1.62 bits per heavy atom. The van der Waals surface area contributed by atoms with Crippen molar-refractivity contribution >= 4 is 11.6 Å². The van der Waals surface area contributed by atoms with Crippen molar-refractivity contribution in [3.63, 3.8) is 0 Å². The minimum Gasteiger partial charge on any atom is -0.496 e. The van der Waals surface area contributed by atoms with Crippen molar-refractivity contribution in [1.29, 1.82) is 0 Å². The molecule has 1 heterocycles. The molecule has 0 saturated heterocycles. The quantitative estimate of drug-likeness (QED) is 0.671. The van der Waals surface area contributed by atoms with E-state index in [-0.39, 0.29) is 0 Å². The monoisotopic (exact) mass is 345 g/mol. The van der Waals surface area contributed by atoms with E-state index in [1.54, 1.807) is 39.5 Å². The van der Waals surface area contributed by atoms with E-state index in [9.17, 15) is 0 Å². The lowest BCUT2D eigenvalue weighted by molar-refractivity contribution is 0.376. The molecule has 0 fully saturated rings. The highest BCUT2D eigenvalue weighted by molar-refractivity contribution is 6.30. The van der Waals surface area contributed by atoms with E-state index in [0.717, 1.165) is 5.56 Å². The number of rotatable bonds is 5. The van der Waals surface area contributed by atoms with Crippen LogP contribution in [0.5, 0.6) is 17.2 Å². The molecule has 124 valence electrons. The molecule has 0 unspecified atom stereocenters. The number of aromatic nitrogens is 1. The predicted octanol–water partition coefficient (Wildman–Crippen LogP) is 4.69. The van der Waals surface area contributed by atoms with Gasteiger partial charge in [0.05, 0.1) is 26.9 Å². The van der Waals surface area contributed by atoms with Crippen LogP contribution in [-0.4, -0.2) is 26.5 Å². The van der Waals surface area contributed by atoms with Gasteiger partial charge in [0.2, 0.25) is 0 Å². The molecule has 0 aliphatic rings. The van der Waals surface area contributed by atoms with E-state index >= 15 is 0 Å². The maximum absolute atomic E-state index is 6.03. The molecule has 24 heavy (non-hydrogen) atoms. The molecular weight excluding hydrogens is 330 g/mol.